The lowest BCUT2D eigenvalue weighted by Crippen LogP contribution is -1.88. The summed E-state index contributed by atoms with van der Waals surface area (Å²) < 4.78 is 0. The van der Waals surface area contributed by atoms with E-state index < -0.39 is 0 Å². The highest BCUT2D eigenvalue weighted by molar-refractivity contribution is 6.41. The monoisotopic (exact) mass is 161 g/mol. The van der Waals surface area contributed by atoms with Crippen LogP contribution in [0, 0.1) is 6.07 Å². The molecule has 0 fully saturated rings. The molecule has 0 atom stereocenters. The second kappa shape index (κ2) is 2.42. The van der Waals surface area contributed by atoms with E-state index in [1.54, 1.807) is 0 Å². The molecule has 0 aliphatic heterocycles. The van der Waals surface area contributed by atoms with Gasteiger partial charge in [-0.25, -0.2) is 4.98 Å². The minimum atomic E-state index is 0.191. The third-order valence-corrected chi connectivity index (χ3v) is 1.41. The highest BCUT2D eigenvalue weighted by Gasteiger charge is 1.96. The zero-order valence-electron chi connectivity index (χ0n) is 4.36. The Kier molecular flexibility index (Phi) is 1.78. The molecule has 4 heteroatoms. The molecule has 1 heterocycles. The van der Waals surface area contributed by atoms with E-state index in [0.29, 0.717) is 10.8 Å². The van der Waals surface area contributed by atoms with Crippen molar-refractivity contribution < 1.29 is 0 Å². The topological polar surface area (TPSA) is 38.9 Å². The molecule has 9 heavy (non-hydrogen) atoms. The smallest absolute Gasteiger partial charge is 0.150 e. The molecular weight excluding hydrogens is 159 g/mol. The fraction of sp³-hybridized carbons (Fsp3) is 0. The van der Waals surface area contributed by atoms with E-state index in [1.165, 1.54) is 6.07 Å². The Morgan fingerprint density at radius 3 is 2.67 bits per heavy atom. The van der Waals surface area contributed by atoms with Gasteiger partial charge in [-0.15, -0.1) is 0 Å². The van der Waals surface area contributed by atoms with Crippen LogP contribution in [0.15, 0.2) is 6.07 Å². The molecule has 0 saturated heterocycles. The third-order valence-electron chi connectivity index (χ3n) is 0.755. The molecule has 0 aliphatic carbocycles. The predicted octanol–water partition coefficient (Wildman–Crippen LogP) is 1.77. The minimum Gasteiger partial charge on any atom is -0.384 e. The summed E-state index contributed by atoms with van der Waals surface area (Å²) in [6.07, 6.45) is 0. The summed E-state index contributed by atoms with van der Waals surface area (Å²) in [4.78, 5) is 3.65. The molecule has 0 aliphatic rings. The van der Waals surface area contributed by atoms with E-state index in [4.69, 9.17) is 28.9 Å². The summed E-state index contributed by atoms with van der Waals surface area (Å²) in [5.41, 5.74) is 5.24. The molecule has 0 bridgehead atoms. The zero-order valence-corrected chi connectivity index (χ0v) is 5.87. The lowest BCUT2D eigenvalue weighted by molar-refractivity contribution is 1.33. The summed E-state index contributed by atoms with van der Waals surface area (Å²) in [6, 6.07) is 4.08. The number of nitrogens with zero attached hydrogens (tertiary/aromatic N) is 1. The van der Waals surface area contributed by atoms with Crippen molar-refractivity contribution >= 4 is 29.0 Å². The molecule has 2 N–H and O–H groups in total. The number of pyridine rings is 1. The lowest BCUT2D eigenvalue weighted by atomic mass is 10.5. The largest absolute Gasteiger partial charge is 0.384 e. The van der Waals surface area contributed by atoms with Crippen molar-refractivity contribution in [2.24, 2.45) is 0 Å². The second-order valence-corrected chi connectivity index (χ2v) is 2.17. The molecular formula is C5H3Cl2N2. The first-order valence-corrected chi connectivity index (χ1v) is 2.95. The number of nitrogens with two attached hydrogens (primary N) is 1. The number of nitrogen functional groups attached to an aromatic ring is 1. The average Bonchev–Trinajstić information content (AvgIpc) is 1.80. The van der Waals surface area contributed by atoms with Gasteiger partial charge in [-0.1, -0.05) is 23.2 Å². The molecule has 2 nitrogen and oxygen atoms in total. The maximum atomic E-state index is 5.48. The van der Waals surface area contributed by atoms with Gasteiger partial charge >= 0.3 is 0 Å². The van der Waals surface area contributed by atoms with Crippen LogP contribution < -0.4 is 5.73 Å². The second-order valence-electron chi connectivity index (χ2n) is 1.43. The number of aromatic nitrogens is 1. The Hall–Kier alpha value is -0.470. The molecule has 0 amide bonds. The summed E-state index contributed by atoms with van der Waals surface area (Å²) in [5, 5.41) is 0.488. The summed E-state index contributed by atoms with van der Waals surface area (Å²) in [7, 11) is 0. The molecule has 1 radical (unpaired) electrons. The quantitative estimate of drug-likeness (QED) is 0.590. The number of hydrogen-bond donors (Lipinski definition) is 1. The first-order chi connectivity index (χ1) is 4.20. The zero-order chi connectivity index (χ0) is 6.85. The number of rotatable bonds is 0. The van der Waals surface area contributed by atoms with Crippen molar-refractivity contribution in [3.05, 3.63) is 22.3 Å². The number of anilines is 1. The van der Waals surface area contributed by atoms with Gasteiger partial charge in [0, 0.05) is 6.07 Å². The van der Waals surface area contributed by atoms with Gasteiger partial charge in [0.15, 0.2) is 5.15 Å². The fourth-order valence-electron chi connectivity index (χ4n) is 0.392. The first kappa shape index (κ1) is 6.65. The molecule has 0 spiro atoms. The Morgan fingerprint density at radius 1 is 1.56 bits per heavy atom. The number of hydrogen-bond acceptors (Lipinski definition) is 2. The van der Waals surface area contributed by atoms with Gasteiger partial charge in [0.1, 0.15) is 5.82 Å². The Morgan fingerprint density at radius 2 is 2.22 bits per heavy atom. The van der Waals surface area contributed by atoms with Crippen molar-refractivity contribution in [1.29, 1.82) is 0 Å². The average molecular weight is 162 g/mol. The van der Waals surface area contributed by atoms with Crippen LogP contribution in [0.5, 0.6) is 0 Å². The SMILES string of the molecule is Nc1c[c]c(Cl)c(Cl)n1. The van der Waals surface area contributed by atoms with E-state index in [9.17, 15) is 0 Å². The van der Waals surface area contributed by atoms with Crippen LogP contribution in [-0.2, 0) is 0 Å². The van der Waals surface area contributed by atoms with Crippen LogP contribution in [0.25, 0.3) is 0 Å². The van der Waals surface area contributed by atoms with Crippen molar-refractivity contribution in [2.75, 3.05) is 5.73 Å². The highest BCUT2D eigenvalue weighted by Crippen LogP contribution is 2.18. The Bertz CT molecular complexity index is 224. The number of halogens is 2. The Balaban J connectivity index is 3.17. The standard InChI is InChI=1S/C5H3Cl2N2/c6-3-1-2-4(8)9-5(3)7/h2H,(H2,8,9). The van der Waals surface area contributed by atoms with Gasteiger partial charge in [0.05, 0.1) is 5.02 Å². The Labute approximate surface area is 62.6 Å². The highest BCUT2D eigenvalue weighted by atomic mass is 35.5. The van der Waals surface area contributed by atoms with Crippen LogP contribution in [0.3, 0.4) is 0 Å². The van der Waals surface area contributed by atoms with Gasteiger partial charge in [0.25, 0.3) is 0 Å². The summed E-state index contributed by atoms with van der Waals surface area (Å²) >= 11 is 10.9. The molecule has 0 aromatic carbocycles. The van der Waals surface area contributed by atoms with Gasteiger partial charge in [-0.05, 0) is 6.07 Å². The van der Waals surface area contributed by atoms with E-state index >= 15 is 0 Å². The van der Waals surface area contributed by atoms with Crippen LogP contribution >= 0.6 is 23.2 Å². The van der Waals surface area contributed by atoms with Gasteiger partial charge < -0.3 is 5.73 Å². The summed E-state index contributed by atoms with van der Waals surface area (Å²) in [5.74, 6) is 0.324. The van der Waals surface area contributed by atoms with Crippen LogP contribution in [0.4, 0.5) is 5.82 Å². The van der Waals surface area contributed by atoms with Crippen LogP contribution in [0.1, 0.15) is 0 Å². The molecule has 47 valence electrons. The van der Waals surface area contributed by atoms with Crippen molar-refractivity contribution in [3.8, 4) is 0 Å². The molecule has 1 aromatic heterocycles. The summed E-state index contributed by atoms with van der Waals surface area (Å²) in [6.45, 7) is 0. The minimum absolute atomic E-state index is 0.191. The molecule has 1 aromatic rings. The predicted molar refractivity (Wildman–Crippen MR) is 37.5 cm³/mol. The molecule has 0 unspecified atom stereocenters. The maximum Gasteiger partial charge on any atom is 0.150 e. The fourth-order valence-corrected chi connectivity index (χ4v) is 0.641. The third kappa shape index (κ3) is 1.47. The van der Waals surface area contributed by atoms with Crippen molar-refractivity contribution in [3.63, 3.8) is 0 Å². The van der Waals surface area contributed by atoms with Gasteiger partial charge in [-0.3, -0.25) is 0 Å². The molecule has 1 rings (SSSR count). The van der Waals surface area contributed by atoms with E-state index in [0.717, 1.165) is 0 Å². The van der Waals surface area contributed by atoms with Crippen molar-refractivity contribution in [1.82, 2.24) is 4.98 Å². The van der Waals surface area contributed by atoms with Crippen LogP contribution in [-0.4, -0.2) is 4.98 Å². The lowest BCUT2D eigenvalue weighted by Gasteiger charge is -1.92. The van der Waals surface area contributed by atoms with Crippen molar-refractivity contribution in [2.45, 2.75) is 0 Å². The van der Waals surface area contributed by atoms with Gasteiger partial charge in [0.2, 0.25) is 0 Å². The van der Waals surface area contributed by atoms with Gasteiger partial charge in [-0.2, -0.15) is 0 Å². The maximum absolute atomic E-state index is 5.48. The first-order valence-electron chi connectivity index (χ1n) is 2.19. The molecule has 0 saturated carbocycles. The van der Waals surface area contributed by atoms with E-state index in [2.05, 4.69) is 11.1 Å². The van der Waals surface area contributed by atoms with E-state index in [1.807, 2.05) is 0 Å². The van der Waals surface area contributed by atoms with E-state index in [-0.39, 0.29) is 5.15 Å². The van der Waals surface area contributed by atoms with Crippen LogP contribution in [0.2, 0.25) is 10.2 Å². The normalized spacial score (nSPS) is 9.56.